The molecule has 1 N–H and O–H groups in total. The zero-order valence-corrected chi connectivity index (χ0v) is 11.7. The summed E-state index contributed by atoms with van der Waals surface area (Å²) in [6.45, 7) is 1.99. The Morgan fingerprint density at radius 1 is 1.42 bits per heavy atom. The van der Waals surface area contributed by atoms with Crippen LogP contribution in [-0.4, -0.2) is 27.9 Å². The number of likely N-dealkylation sites (tertiary alicyclic amines) is 1. The van der Waals surface area contributed by atoms with E-state index < -0.39 is 11.9 Å². The number of thiophene rings is 1. The predicted octanol–water partition coefficient (Wildman–Crippen LogP) is 2.58. The molecule has 2 aliphatic rings. The van der Waals surface area contributed by atoms with Gasteiger partial charge in [0.15, 0.2) is 0 Å². The molecule has 19 heavy (non-hydrogen) atoms. The molecule has 1 aliphatic heterocycles. The molecule has 3 rings (SSSR count). The highest BCUT2D eigenvalue weighted by Gasteiger charge is 2.47. The van der Waals surface area contributed by atoms with Gasteiger partial charge >= 0.3 is 5.97 Å². The average molecular weight is 279 g/mol. The van der Waals surface area contributed by atoms with Crippen molar-refractivity contribution in [2.24, 2.45) is 5.92 Å². The Balaban J connectivity index is 2.02. The lowest BCUT2D eigenvalue weighted by Crippen LogP contribution is -2.46. The number of rotatable bonds is 3. The van der Waals surface area contributed by atoms with Gasteiger partial charge in [-0.05, 0) is 43.2 Å². The van der Waals surface area contributed by atoms with Gasteiger partial charge in [0.2, 0.25) is 5.91 Å². The first kappa shape index (κ1) is 12.7. The molecule has 1 aromatic rings. The molecule has 5 heteroatoms. The number of aliphatic carboxylic acids is 1. The lowest BCUT2D eigenvalue weighted by molar-refractivity contribution is -0.152. The van der Waals surface area contributed by atoms with E-state index in [0.717, 1.165) is 23.3 Å². The van der Waals surface area contributed by atoms with Crippen molar-refractivity contribution in [3.63, 3.8) is 0 Å². The fourth-order valence-corrected chi connectivity index (χ4v) is 4.04. The fraction of sp³-hybridized carbons (Fsp3) is 0.571. The van der Waals surface area contributed by atoms with Crippen LogP contribution in [0.2, 0.25) is 0 Å². The van der Waals surface area contributed by atoms with Crippen molar-refractivity contribution < 1.29 is 14.7 Å². The second-order valence-corrected chi connectivity index (χ2v) is 6.38. The topological polar surface area (TPSA) is 57.6 Å². The molecule has 1 aliphatic carbocycles. The standard InChI is InChI=1S/C14H17NO3S/c1-8-6-7-19-13(8)12-10(14(17)18)4-5-11(16)15(12)9-2-3-9/h6-7,9-10,12H,2-5H2,1H3,(H,17,18). The smallest absolute Gasteiger partial charge is 0.308 e. The highest BCUT2D eigenvalue weighted by Crippen LogP contribution is 2.45. The van der Waals surface area contributed by atoms with E-state index in [2.05, 4.69) is 0 Å². The maximum absolute atomic E-state index is 12.2. The van der Waals surface area contributed by atoms with E-state index in [0.29, 0.717) is 12.8 Å². The van der Waals surface area contributed by atoms with Gasteiger partial charge < -0.3 is 10.0 Å². The van der Waals surface area contributed by atoms with Crippen molar-refractivity contribution in [2.45, 2.75) is 44.7 Å². The molecule has 1 saturated heterocycles. The van der Waals surface area contributed by atoms with Crippen LogP contribution in [0, 0.1) is 12.8 Å². The van der Waals surface area contributed by atoms with Gasteiger partial charge in [-0.2, -0.15) is 0 Å². The van der Waals surface area contributed by atoms with Gasteiger partial charge in [0.05, 0.1) is 12.0 Å². The molecule has 1 aromatic heterocycles. The summed E-state index contributed by atoms with van der Waals surface area (Å²) in [6.07, 6.45) is 2.85. The van der Waals surface area contributed by atoms with Crippen LogP contribution in [0.3, 0.4) is 0 Å². The van der Waals surface area contributed by atoms with E-state index >= 15 is 0 Å². The number of carbonyl (C=O) groups is 2. The van der Waals surface area contributed by atoms with Crippen LogP contribution in [-0.2, 0) is 9.59 Å². The average Bonchev–Trinajstić information content (AvgIpc) is 3.10. The maximum Gasteiger partial charge on any atom is 0.308 e. The molecule has 4 nitrogen and oxygen atoms in total. The number of hydrogen-bond donors (Lipinski definition) is 1. The molecule has 0 spiro atoms. The van der Waals surface area contributed by atoms with Crippen molar-refractivity contribution in [1.82, 2.24) is 4.90 Å². The largest absolute Gasteiger partial charge is 0.481 e. The molecule has 0 radical (unpaired) electrons. The number of hydrogen-bond acceptors (Lipinski definition) is 3. The number of carboxylic acids is 1. The summed E-state index contributed by atoms with van der Waals surface area (Å²) in [4.78, 5) is 26.6. The number of aryl methyl sites for hydroxylation is 1. The summed E-state index contributed by atoms with van der Waals surface area (Å²) in [5, 5.41) is 11.5. The maximum atomic E-state index is 12.2. The van der Waals surface area contributed by atoms with Crippen LogP contribution < -0.4 is 0 Å². The Morgan fingerprint density at radius 3 is 2.68 bits per heavy atom. The summed E-state index contributed by atoms with van der Waals surface area (Å²) in [5.74, 6) is -1.12. The monoisotopic (exact) mass is 279 g/mol. The number of nitrogens with zero attached hydrogens (tertiary/aromatic N) is 1. The summed E-state index contributed by atoms with van der Waals surface area (Å²) in [7, 11) is 0. The first-order valence-electron chi connectivity index (χ1n) is 6.67. The van der Waals surface area contributed by atoms with Gasteiger partial charge in [0.1, 0.15) is 0 Å². The number of carbonyl (C=O) groups excluding carboxylic acids is 1. The zero-order chi connectivity index (χ0) is 13.6. The highest BCUT2D eigenvalue weighted by molar-refractivity contribution is 7.10. The molecular formula is C14H17NO3S. The number of carboxylic acid groups (broad SMARTS) is 1. The quantitative estimate of drug-likeness (QED) is 0.925. The van der Waals surface area contributed by atoms with Gasteiger partial charge in [0, 0.05) is 17.3 Å². The molecular weight excluding hydrogens is 262 g/mol. The summed E-state index contributed by atoms with van der Waals surface area (Å²) < 4.78 is 0. The molecule has 0 aromatic carbocycles. The third-order valence-corrected chi connectivity index (χ3v) is 5.16. The van der Waals surface area contributed by atoms with Crippen molar-refractivity contribution in [3.05, 3.63) is 21.9 Å². The highest BCUT2D eigenvalue weighted by atomic mass is 32.1. The fourth-order valence-electron chi connectivity index (χ4n) is 2.95. The van der Waals surface area contributed by atoms with Crippen LogP contribution in [0.5, 0.6) is 0 Å². The van der Waals surface area contributed by atoms with Gasteiger partial charge in [0.25, 0.3) is 0 Å². The van der Waals surface area contributed by atoms with E-state index in [9.17, 15) is 14.7 Å². The van der Waals surface area contributed by atoms with Gasteiger partial charge in [-0.25, -0.2) is 0 Å². The first-order chi connectivity index (χ1) is 9.09. The molecule has 1 saturated carbocycles. The van der Waals surface area contributed by atoms with E-state index in [1.54, 1.807) is 11.3 Å². The van der Waals surface area contributed by atoms with Crippen LogP contribution in [0.4, 0.5) is 0 Å². The SMILES string of the molecule is Cc1ccsc1C1C(C(=O)O)CCC(=O)N1C1CC1. The van der Waals surface area contributed by atoms with Crippen LogP contribution in [0.15, 0.2) is 11.4 Å². The lowest BCUT2D eigenvalue weighted by atomic mass is 9.86. The van der Waals surface area contributed by atoms with Crippen molar-refractivity contribution in [1.29, 1.82) is 0 Å². The Hall–Kier alpha value is -1.36. The number of amides is 1. The van der Waals surface area contributed by atoms with Crippen LogP contribution in [0.1, 0.15) is 42.2 Å². The minimum atomic E-state index is -0.782. The minimum absolute atomic E-state index is 0.123. The van der Waals surface area contributed by atoms with Crippen molar-refractivity contribution >= 4 is 23.2 Å². The molecule has 102 valence electrons. The van der Waals surface area contributed by atoms with E-state index in [1.165, 1.54) is 0 Å². The first-order valence-corrected chi connectivity index (χ1v) is 7.55. The lowest BCUT2D eigenvalue weighted by Gasteiger charge is -2.39. The van der Waals surface area contributed by atoms with E-state index in [1.807, 2.05) is 23.3 Å². The number of piperidine rings is 1. The Kier molecular flexibility index (Phi) is 3.09. The summed E-state index contributed by atoms with van der Waals surface area (Å²) >= 11 is 1.57. The second kappa shape index (κ2) is 4.63. The molecule has 2 atom stereocenters. The normalized spacial score (nSPS) is 27.6. The van der Waals surface area contributed by atoms with Gasteiger partial charge in [-0.3, -0.25) is 9.59 Å². The van der Waals surface area contributed by atoms with Gasteiger partial charge in [-0.1, -0.05) is 0 Å². The van der Waals surface area contributed by atoms with Crippen molar-refractivity contribution in [3.8, 4) is 0 Å². The zero-order valence-electron chi connectivity index (χ0n) is 10.8. The Morgan fingerprint density at radius 2 is 2.16 bits per heavy atom. The van der Waals surface area contributed by atoms with Crippen LogP contribution in [0.25, 0.3) is 0 Å². The summed E-state index contributed by atoms with van der Waals surface area (Å²) in [6, 6.07) is 2.01. The molecule has 0 bridgehead atoms. The van der Waals surface area contributed by atoms with Crippen molar-refractivity contribution in [2.75, 3.05) is 0 Å². The molecule has 1 amide bonds. The van der Waals surface area contributed by atoms with E-state index in [4.69, 9.17) is 0 Å². The molecule has 2 fully saturated rings. The van der Waals surface area contributed by atoms with Crippen LogP contribution >= 0.6 is 11.3 Å². The molecule has 2 unspecified atom stereocenters. The minimum Gasteiger partial charge on any atom is -0.481 e. The Labute approximate surface area is 116 Å². The third-order valence-electron chi connectivity index (χ3n) is 4.07. The molecule has 2 heterocycles. The Bertz CT molecular complexity index is 521. The predicted molar refractivity (Wildman–Crippen MR) is 72.0 cm³/mol. The second-order valence-electron chi connectivity index (χ2n) is 5.43. The van der Waals surface area contributed by atoms with Gasteiger partial charge in [-0.15, -0.1) is 11.3 Å². The summed E-state index contributed by atoms with van der Waals surface area (Å²) in [5.41, 5.74) is 1.10. The van der Waals surface area contributed by atoms with E-state index in [-0.39, 0.29) is 18.0 Å². The third kappa shape index (κ3) is 2.16.